The quantitative estimate of drug-likeness (QED) is 0.705. The Kier molecular flexibility index (Phi) is 2.15. The lowest BCUT2D eigenvalue weighted by molar-refractivity contribution is -0.146. The average molecular weight is 253 g/mol. The summed E-state index contributed by atoms with van der Waals surface area (Å²) in [4.78, 5) is 23.7. The topological polar surface area (TPSA) is 101 Å². The number of rotatable bonds is 2. The third-order valence-corrected chi connectivity index (χ3v) is 3.93. The Morgan fingerprint density at radius 2 is 2.41 bits per heavy atom. The molecular formula is C8H7N5O3S. The summed E-state index contributed by atoms with van der Waals surface area (Å²) < 4.78 is 1.47. The van der Waals surface area contributed by atoms with E-state index in [4.69, 9.17) is 5.11 Å². The molecule has 0 spiro atoms. The molecule has 1 aromatic rings. The van der Waals surface area contributed by atoms with Gasteiger partial charge in [0.2, 0.25) is 5.91 Å². The molecule has 3 rings (SSSR count). The first kappa shape index (κ1) is 10.3. The number of hydrogen-bond donors (Lipinski definition) is 1. The Morgan fingerprint density at radius 3 is 3.00 bits per heavy atom. The van der Waals surface area contributed by atoms with E-state index in [-0.39, 0.29) is 22.4 Å². The molecule has 1 amide bonds. The van der Waals surface area contributed by atoms with Crippen LogP contribution in [0.5, 0.6) is 0 Å². The van der Waals surface area contributed by atoms with Crippen LogP contribution in [0.4, 0.5) is 0 Å². The zero-order chi connectivity index (χ0) is 12.0. The molecule has 1 fully saturated rings. The van der Waals surface area contributed by atoms with Crippen molar-refractivity contribution < 1.29 is 14.7 Å². The third-order valence-electron chi connectivity index (χ3n) is 2.61. The maximum absolute atomic E-state index is 11.3. The largest absolute Gasteiger partial charge is 0.477 e. The lowest BCUT2D eigenvalue weighted by Gasteiger charge is -2.44. The van der Waals surface area contributed by atoms with Crippen LogP contribution in [0.2, 0.25) is 0 Å². The van der Waals surface area contributed by atoms with E-state index >= 15 is 0 Å². The zero-order valence-electron chi connectivity index (χ0n) is 8.42. The summed E-state index contributed by atoms with van der Waals surface area (Å²) in [7, 11) is 0. The number of nitrogens with zero attached hydrogens (tertiary/aromatic N) is 5. The second kappa shape index (κ2) is 3.55. The van der Waals surface area contributed by atoms with Gasteiger partial charge < -0.3 is 5.11 Å². The first-order chi connectivity index (χ1) is 8.16. The number of aromatic nitrogens is 4. The predicted octanol–water partition coefficient (Wildman–Crippen LogP) is -0.555. The van der Waals surface area contributed by atoms with Gasteiger partial charge in [-0.05, 0) is 16.5 Å². The van der Waals surface area contributed by atoms with Crippen LogP contribution in [-0.4, -0.2) is 47.5 Å². The molecule has 0 aromatic carbocycles. The van der Waals surface area contributed by atoms with Crippen molar-refractivity contribution in [3.63, 3.8) is 0 Å². The molecule has 2 aliphatic rings. The number of carboxylic acid groups (broad SMARTS) is 1. The molecule has 88 valence electrons. The number of amides is 1. The van der Waals surface area contributed by atoms with Gasteiger partial charge in [0, 0.05) is 0 Å². The summed E-state index contributed by atoms with van der Waals surface area (Å²) in [5.74, 6) is -1.27. The van der Waals surface area contributed by atoms with Crippen LogP contribution >= 0.6 is 11.8 Å². The van der Waals surface area contributed by atoms with Crippen LogP contribution in [0, 0.1) is 0 Å². The minimum atomic E-state index is -1.11. The van der Waals surface area contributed by atoms with E-state index in [2.05, 4.69) is 15.5 Å². The van der Waals surface area contributed by atoms with E-state index < -0.39 is 5.97 Å². The molecule has 0 bridgehead atoms. The molecule has 8 nitrogen and oxygen atoms in total. The lowest BCUT2D eigenvalue weighted by atomic mass is 10.1. The Labute approximate surface area is 99.3 Å². The Hall–Kier alpha value is -1.90. The Bertz CT molecular complexity index is 513. The summed E-state index contributed by atoms with van der Waals surface area (Å²) >= 11 is 1.45. The molecule has 3 heterocycles. The van der Waals surface area contributed by atoms with Gasteiger partial charge in [-0.2, -0.15) is 0 Å². The standard InChI is InChI=1S/C8H7N5O3S/c14-5-2-7-13(5)4(8(15)16)1-6(17-7)12-3-9-10-11-12/h1,3,6-7H,2H2,(H,15,16)/t6?,7-/m1/s1. The summed E-state index contributed by atoms with van der Waals surface area (Å²) in [5, 5.41) is 19.4. The number of carbonyl (C=O) groups excluding carboxylic acids is 1. The van der Waals surface area contributed by atoms with Crippen molar-refractivity contribution in [1.82, 2.24) is 25.1 Å². The molecule has 1 aromatic heterocycles. The monoisotopic (exact) mass is 253 g/mol. The van der Waals surface area contributed by atoms with E-state index in [1.807, 2.05) is 0 Å². The third kappa shape index (κ3) is 1.50. The van der Waals surface area contributed by atoms with Gasteiger partial charge in [-0.25, -0.2) is 9.48 Å². The van der Waals surface area contributed by atoms with Crippen LogP contribution < -0.4 is 0 Å². The smallest absolute Gasteiger partial charge is 0.352 e. The maximum atomic E-state index is 11.3. The fourth-order valence-electron chi connectivity index (χ4n) is 1.80. The van der Waals surface area contributed by atoms with Gasteiger partial charge in [0.25, 0.3) is 0 Å². The predicted molar refractivity (Wildman–Crippen MR) is 55.4 cm³/mol. The van der Waals surface area contributed by atoms with Crippen LogP contribution in [0.1, 0.15) is 11.8 Å². The van der Waals surface area contributed by atoms with Gasteiger partial charge >= 0.3 is 5.97 Å². The molecule has 2 aliphatic heterocycles. The molecule has 0 saturated carbocycles. The summed E-state index contributed by atoms with van der Waals surface area (Å²) in [6.45, 7) is 0. The van der Waals surface area contributed by atoms with E-state index in [9.17, 15) is 9.59 Å². The fraction of sp³-hybridized carbons (Fsp3) is 0.375. The number of β-lactam (4-membered cyclic amide) rings is 1. The summed E-state index contributed by atoms with van der Waals surface area (Å²) in [6.07, 6.45) is 3.26. The van der Waals surface area contributed by atoms with Gasteiger partial charge in [-0.15, -0.1) is 16.9 Å². The highest BCUT2D eigenvalue weighted by Gasteiger charge is 2.45. The second-order valence-corrected chi connectivity index (χ2v) is 4.90. The number of fused-ring (bicyclic) bond motifs is 1. The Morgan fingerprint density at radius 1 is 1.59 bits per heavy atom. The second-order valence-electron chi connectivity index (χ2n) is 3.60. The van der Waals surface area contributed by atoms with Crippen molar-refractivity contribution >= 4 is 23.6 Å². The van der Waals surface area contributed by atoms with Crippen molar-refractivity contribution in [2.24, 2.45) is 0 Å². The number of tetrazole rings is 1. The molecule has 1 N–H and O–H groups in total. The Balaban J connectivity index is 1.97. The highest BCUT2D eigenvalue weighted by molar-refractivity contribution is 8.00. The van der Waals surface area contributed by atoms with Crippen molar-refractivity contribution in [2.45, 2.75) is 17.2 Å². The van der Waals surface area contributed by atoms with Crippen molar-refractivity contribution in [2.75, 3.05) is 0 Å². The fourth-order valence-corrected chi connectivity index (χ4v) is 3.14. The SMILES string of the molecule is O=C(O)C1=CC(n2cnnn2)S[C@@H]2CC(=O)N12. The first-order valence-electron chi connectivity index (χ1n) is 4.82. The maximum Gasteiger partial charge on any atom is 0.352 e. The first-order valence-corrected chi connectivity index (χ1v) is 5.76. The van der Waals surface area contributed by atoms with Crippen molar-refractivity contribution in [1.29, 1.82) is 0 Å². The van der Waals surface area contributed by atoms with E-state index in [1.54, 1.807) is 0 Å². The van der Waals surface area contributed by atoms with Crippen LogP contribution in [0.15, 0.2) is 18.1 Å². The number of carboxylic acids is 1. The molecule has 1 unspecified atom stereocenters. The van der Waals surface area contributed by atoms with E-state index in [0.717, 1.165) is 0 Å². The van der Waals surface area contributed by atoms with Gasteiger partial charge in [0.1, 0.15) is 17.4 Å². The molecule has 1 saturated heterocycles. The molecule has 9 heteroatoms. The summed E-state index contributed by atoms with van der Waals surface area (Å²) in [6, 6.07) is 0. The van der Waals surface area contributed by atoms with Crippen molar-refractivity contribution in [3.8, 4) is 0 Å². The molecule has 0 aliphatic carbocycles. The number of carbonyl (C=O) groups is 2. The van der Waals surface area contributed by atoms with Crippen LogP contribution in [0.3, 0.4) is 0 Å². The molecule has 2 atom stereocenters. The van der Waals surface area contributed by atoms with E-state index in [1.165, 1.54) is 33.7 Å². The van der Waals surface area contributed by atoms with Gasteiger partial charge in [0.15, 0.2) is 0 Å². The zero-order valence-corrected chi connectivity index (χ0v) is 9.24. The summed E-state index contributed by atoms with van der Waals surface area (Å²) in [5.41, 5.74) is 0.00509. The number of hydrogen-bond acceptors (Lipinski definition) is 6. The highest BCUT2D eigenvalue weighted by Crippen LogP contribution is 2.44. The molecular weight excluding hydrogens is 246 g/mol. The van der Waals surface area contributed by atoms with Gasteiger partial charge in [-0.3, -0.25) is 9.69 Å². The minimum absolute atomic E-state index is 0.00509. The van der Waals surface area contributed by atoms with Gasteiger partial charge in [-0.1, -0.05) is 0 Å². The number of aliphatic carboxylic acids is 1. The van der Waals surface area contributed by atoms with Crippen molar-refractivity contribution in [3.05, 3.63) is 18.1 Å². The van der Waals surface area contributed by atoms with Crippen LogP contribution in [-0.2, 0) is 9.59 Å². The van der Waals surface area contributed by atoms with Crippen LogP contribution in [0.25, 0.3) is 0 Å². The average Bonchev–Trinajstić information content (AvgIpc) is 2.79. The normalized spacial score (nSPS) is 27.2. The van der Waals surface area contributed by atoms with Gasteiger partial charge in [0.05, 0.1) is 11.8 Å². The minimum Gasteiger partial charge on any atom is -0.477 e. The molecule has 0 radical (unpaired) electrons. The highest BCUT2D eigenvalue weighted by atomic mass is 32.2. The number of thioether (sulfide) groups is 1. The van der Waals surface area contributed by atoms with E-state index in [0.29, 0.717) is 6.42 Å². The lowest BCUT2D eigenvalue weighted by Crippen LogP contribution is -2.53. The molecule has 17 heavy (non-hydrogen) atoms.